The summed E-state index contributed by atoms with van der Waals surface area (Å²) in [6.07, 6.45) is 3.45. The molecule has 1 aromatic carbocycles. The molecule has 0 aliphatic heterocycles. The lowest BCUT2D eigenvalue weighted by molar-refractivity contribution is 0.0953. The van der Waals surface area contributed by atoms with E-state index in [0.717, 1.165) is 11.1 Å². The van der Waals surface area contributed by atoms with E-state index < -0.39 is 0 Å². The fourth-order valence-electron chi connectivity index (χ4n) is 2.30. The van der Waals surface area contributed by atoms with Crippen LogP contribution in [0.15, 0.2) is 48.8 Å². The van der Waals surface area contributed by atoms with Crippen molar-refractivity contribution in [3.8, 4) is 0 Å². The van der Waals surface area contributed by atoms with Crippen molar-refractivity contribution in [1.29, 1.82) is 0 Å². The fraction of sp³-hybridized carbons (Fsp3) is 0.316. The number of urea groups is 1. The molecule has 0 spiro atoms. The number of carbonyl (C=O) groups excluding carboxylic acids is 2. The fourth-order valence-corrected chi connectivity index (χ4v) is 2.30. The van der Waals surface area contributed by atoms with Gasteiger partial charge in [0.05, 0.1) is 6.04 Å². The standard InChI is InChI=1S/C19H24N4O2/c1-14-6-8-16(9-7-14)18(24)21-11-12-22-19(25)23(3)15(2)17-5-4-10-20-13-17/h4-10,13,15H,11-12H2,1-3H3,(H,21,24)(H,22,25)/t15-/m0/s1. The van der Waals surface area contributed by atoms with Gasteiger partial charge >= 0.3 is 6.03 Å². The van der Waals surface area contributed by atoms with Crippen LogP contribution in [0.2, 0.25) is 0 Å². The van der Waals surface area contributed by atoms with Crippen molar-refractivity contribution in [3.05, 3.63) is 65.5 Å². The minimum atomic E-state index is -0.194. The smallest absolute Gasteiger partial charge is 0.317 e. The molecule has 3 amide bonds. The molecule has 0 aliphatic rings. The predicted octanol–water partition coefficient (Wildman–Crippen LogP) is 2.52. The molecular formula is C19H24N4O2. The third-order valence-electron chi connectivity index (χ3n) is 4.07. The van der Waals surface area contributed by atoms with Crippen molar-refractivity contribution in [2.45, 2.75) is 19.9 Å². The van der Waals surface area contributed by atoms with E-state index in [1.54, 1.807) is 36.5 Å². The number of rotatable bonds is 6. The molecule has 6 nitrogen and oxygen atoms in total. The van der Waals surface area contributed by atoms with E-state index in [9.17, 15) is 9.59 Å². The van der Waals surface area contributed by atoms with Crippen LogP contribution in [0, 0.1) is 6.92 Å². The van der Waals surface area contributed by atoms with Gasteiger partial charge in [-0.3, -0.25) is 9.78 Å². The number of pyridine rings is 1. The highest BCUT2D eigenvalue weighted by molar-refractivity contribution is 5.94. The van der Waals surface area contributed by atoms with Crippen LogP contribution in [-0.2, 0) is 0 Å². The van der Waals surface area contributed by atoms with E-state index in [1.165, 1.54) is 0 Å². The van der Waals surface area contributed by atoms with E-state index in [-0.39, 0.29) is 18.0 Å². The van der Waals surface area contributed by atoms with Gasteiger partial charge in [-0.2, -0.15) is 0 Å². The van der Waals surface area contributed by atoms with E-state index in [4.69, 9.17) is 0 Å². The summed E-state index contributed by atoms with van der Waals surface area (Å²) >= 11 is 0. The van der Waals surface area contributed by atoms with E-state index in [0.29, 0.717) is 18.7 Å². The number of benzene rings is 1. The van der Waals surface area contributed by atoms with Gasteiger partial charge in [-0.25, -0.2) is 4.79 Å². The lowest BCUT2D eigenvalue weighted by atomic mass is 10.1. The largest absolute Gasteiger partial charge is 0.350 e. The first-order chi connectivity index (χ1) is 12.0. The second-order valence-corrected chi connectivity index (χ2v) is 5.93. The number of hydrogen-bond donors (Lipinski definition) is 2. The Balaban J connectivity index is 1.74. The average Bonchev–Trinajstić information content (AvgIpc) is 2.65. The van der Waals surface area contributed by atoms with Crippen LogP contribution < -0.4 is 10.6 Å². The number of amides is 3. The lowest BCUT2D eigenvalue weighted by Crippen LogP contribution is -2.42. The maximum absolute atomic E-state index is 12.2. The van der Waals surface area contributed by atoms with Crippen molar-refractivity contribution >= 4 is 11.9 Å². The Morgan fingerprint density at radius 1 is 1.12 bits per heavy atom. The number of carbonyl (C=O) groups is 2. The minimum Gasteiger partial charge on any atom is -0.350 e. The molecule has 2 N–H and O–H groups in total. The van der Waals surface area contributed by atoms with Gasteiger partial charge in [0.1, 0.15) is 0 Å². The zero-order chi connectivity index (χ0) is 18.2. The molecule has 2 aromatic rings. The first-order valence-electron chi connectivity index (χ1n) is 8.24. The summed E-state index contributed by atoms with van der Waals surface area (Å²) in [5.41, 5.74) is 2.68. The molecule has 0 fully saturated rings. The molecule has 0 saturated heterocycles. The summed E-state index contributed by atoms with van der Waals surface area (Å²) in [6.45, 7) is 4.64. The molecule has 0 unspecified atom stereocenters. The number of aryl methyl sites for hydroxylation is 1. The molecule has 25 heavy (non-hydrogen) atoms. The van der Waals surface area contributed by atoms with Crippen LogP contribution in [0.5, 0.6) is 0 Å². The third kappa shape index (κ3) is 5.31. The normalized spacial score (nSPS) is 11.5. The van der Waals surface area contributed by atoms with Gasteiger partial charge in [0, 0.05) is 38.1 Å². The van der Waals surface area contributed by atoms with Gasteiger partial charge in [0.15, 0.2) is 0 Å². The molecule has 132 valence electrons. The van der Waals surface area contributed by atoms with Crippen LogP contribution in [-0.4, -0.2) is 42.0 Å². The Bertz CT molecular complexity index is 701. The summed E-state index contributed by atoms with van der Waals surface area (Å²) in [5, 5.41) is 5.59. The molecule has 6 heteroatoms. The zero-order valence-electron chi connectivity index (χ0n) is 14.8. The first kappa shape index (κ1) is 18.4. The number of hydrogen-bond acceptors (Lipinski definition) is 3. The van der Waals surface area contributed by atoms with Crippen molar-refractivity contribution in [3.63, 3.8) is 0 Å². The van der Waals surface area contributed by atoms with Gasteiger partial charge in [-0.15, -0.1) is 0 Å². The molecule has 0 bridgehead atoms. The van der Waals surface area contributed by atoms with Crippen LogP contribution >= 0.6 is 0 Å². The highest BCUT2D eigenvalue weighted by Crippen LogP contribution is 2.16. The van der Waals surface area contributed by atoms with E-state index in [1.807, 2.05) is 38.1 Å². The minimum absolute atomic E-state index is 0.0872. The molecule has 1 aromatic heterocycles. The first-order valence-corrected chi connectivity index (χ1v) is 8.24. The van der Waals surface area contributed by atoms with Crippen molar-refractivity contribution in [2.75, 3.05) is 20.1 Å². The Hall–Kier alpha value is -2.89. The summed E-state index contributed by atoms with van der Waals surface area (Å²) in [6, 6.07) is 10.9. The summed E-state index contributed by atoms with van der Waals surface area (Å²) < 4.78 is 0. The Morgan fingerprint density at radius 2 is 1.80 bits per heavy atom. The maximum atomic E-state index is 12.2. The van der Waals surface area contributed by atoms with Crippen molar-refractivity contribution in [2.24, 2.45) is 0 Å². The topological polar surface area (TPSA) is 74.3 Å². The Kier molecular flexibility index (Phi) is 6.51. The number of nitrogens with one attached hydrogen (secondary N) is 2. The highest BCUT2D eigenvalue weighted by atomic mass is 16.2. The molecular weight excluding hydrogens is 316 g/mol. The van der Waals surface area contributed by atoms with E-state index in [2.05, 4.69) is 15.6 Å². The number of aromatic nitrogens is 1. The van der Waals surface area contributed by atoms with Crippen molar-refractivity contribution < 1.29 is 9.59 Å². The summed E-state index contributed by atoms with van der Waals surface area (Å²) in [5.74, 6) is -0.147. The predicted molar refractivity (Wildman–Crippen MR) is 97.3 cm³/mol. The monoisotopic (exact) mass is 340 g/mol. The van der Waals surface area contributed by atoms with Gasteiger partial charge in [-0.05, 0) is 37.6 Å². The van der Waals surface area contributed by atoms with Crippen molar-refractivity contribution in [1.82, 2.24) is 20.5 Å². The van der Waals surface area contributed by atoms with Gasteiger partial charge in [-0.1, -0.05) is 23.8 Å². The quantitative estimate of drug-likeness (QED) is 0.794. The molecule has 2 rings (SSSR count). The van der Waals surface area contributed by atoms with Gasteiger partial charge < -0.3 is 15.5 Å². The second-order valence-electron chi connectivity index (χ2n) is 5.93. The number of nitrogens with zero attached hydrogens (tertiary/aromatic N) is 2. The van der Waals surface area contributed by atoms with E-state index >= 15 is 0 Å². The van der Waals surface area contributed by atoms with Crippen LogP contribution in [0.4, 0.5) is 4.79 Å². The van der Waals surface area contributed by atoms with Gasteiger partial charge in [0.25, 0.3) is 5.91 Å². The van der Waals surface area contributed by atoms with Crippen LogP contribution in [0.3, 0.4) is 0 Å². The van der Waals surface area contributed by atoms with Crippen LogP contribution in [0.1, 0.15) is 34.5 Å². The third-order valence-corrected chi connectivity index (χ3v) is 4.07. The molecule has 0 saturated carbocycles. The molecule has 1 atom stereocenters. The van der Waals surface area contributed by atoms with Crippen LogP contribution in [0.25, 0.3) is 0 Å². The molecule has 0 radical (unpaired) electrons. The Morgan fingerprint density at radius 3 is 2.44 bits per heavy atom. The zero-order valence-corrected chi connectivity index (χ0v) is 14.8. The maximum Gasteiger partial charge on any atom is 0.317 e. The molecule has 1 heterocycles. The second kappa shape index (κ2) is 8.82. The molecule has 0 aliphatic carbocycles. The lowest BCUT2D eigenvalue weighted by Gasteiger charge is -2.25. The van der Waals surface area contributed by atoms with Gasteiger partial charge in [0.2, 0.25) is 0 Å². The summed E-state index contributed by atoms with van der Waals surface area (Å²) in [7, 11) is 1.73. The average molecular weight is 340 g/mol. The summed E-state index contributed by atoms with van der Waals surface area (Å²) in [4.78, 5) is 29.9. The highest BCUT2D eigenvalue weighted by Gasteiger charge is 2.16. The Labute approximate surface area is 148 Å². The SMILES string of the molecule is Cc1ccc(C(=O)NCCNC(=O)N(C)[C@@H](C)c2cccnc2)cc1.